The number of benzene rings is 2. The Morgan fingerprint density at radius 1 is 1.07 bits per heavy atom. The molecule has 136 valence electrons. The van der Waals surface area contributed by atoms with E-state index in [-0.39, 0.29) is 17.7 Å². The Bertz CT molecular complexity index is 996. The van der Waals surface area contributed by atoms with Gasteiger partial charge in [-0.3, -0.25) is 14.9 Å². The van der Waals surface area contributed by atoms with E-state index in [0.717, 1.165) is 24.1 Å². The standard InChI is InChI=1S/C20H16ClN3O2S/c21-15-8-6-12(7-9-15)17-11-27-20(23-17)24-19(26)14-2-1-3-16(10-14)22-18(25)13-4-5-13/h1-3,6-11,13H,4-5H2,(H,22,25)(H,23,24,26). The van der Waals surface area contributed by atoms with Gasteiger partial charge >= 0.3 is 0 Å². The second-order valence-corrected chi connectivity index (χ2v) is 7.64. The molecule has 0 spiro atoms. The monoisotopic (exact) mass is 397 g/mol. The largest absolute Gasteiger partial charge is 0.326 e. The van der Waals surface area contributed by atoms with E-state index in [1.54, 1.807) is 36.4 Å². The van der Waals surface area contributed by atoms with Gasteiger partial charge in [0.25, 0.3) is 5.91 Å². The maximum absolute atomic E-state index is 12.5. The van der Waals surface area contributed by atoms with Gasteiger partial charge in [0.05, 0.1) is 5.69 Å². The number of anilines is 2. The molecule has 1 saturated carbocycles. The third-order valence-electron chi connectivity index (χ3n) is 4.21. The Morgan fingerprint density at radius 3 is 2.59 bits per heavy atom. The number of nitrogens with one attached hydrogen (secondary N) is 2. The van der Waals surface area contributed by atoms with Crippen LogP contribution in [0.3, 0.4) is 0 Å². The molecule has 1 aliphatic carbocycles. The van der Waals surface area contributed by atoms with E-state index in [1.807, 2.05) is 17.5 Å². The maximum Gasteiger partial charge on any atom is 0.257 e. The molecule has 0 radical (unpaired) electrons. The average Bonchev–Trinajstić information content (AvgIpc) is 3.43. The van der Waals surface area contributed by atoms with Crippen LogP contribution in [-0.4, -0.2) is 16.8 Å². The molecular weight excluding hydrogens is 382 g/mol. The SMILES string of the molecule is O=C(Nc1nc(-c2ccc(Cl)cc2)cs1)c1cccc(NC(=O)C2CC2)c1. The molecule has 2 amide bonds. The molecule has 4 rings (SSSR count). The molecular formula is C20H16ClN3O2S. The van der Waals surface area contributed by atoms with Crippen molar-refractivity contribution in [3.05, 3.63) is 64.5 Å². The Morgan fingerprint density at radius 2 is 1.85 bits per heavy atom. The van der Waals surface area contributed by atoms with Gasteiger partial charge in [-0.15, -0.1) is 11.3 Å². The molecule has 2 aromatic carbocycles. The van der Waals surface area contributed by atoms with Crippen LogP contribution in [0.5, 0.6) is 0 Å². The van der Waals surface area contributed by atoms with Crippen LogP contribution in [0.25, 0.3) is 11.3 Å². The number of hydrogen-bond donors (Lipinski definition) is 2. The summed E-state index contributed by atoms with van der Waals surface area (Å²) in [5.41, 5.74) is 2.80. The summed E-state index contributed by atoms with van der Waals surface area (Å²) in [4.78, 5) is 28.8. The summed E-state index contributed by atoms with van der Waals surface area (Å²) in [5, 5.41) is 8.71. The molecule has 3 aromatic rings. The second-order valence-electron chi connectivity index (χ2n) is 6.34. The first-order valence-electron chi connectivity index (χ1n) is 8.52. The van der Waals surface area contributed by atoms with E-state index in [4.69, 9.17) is 11.6 Å². The zero-order valence-electron chi connectivity index (χ0n) is 14.2. The molecule has 1 fully saturated rings. The van der Waals surface area contributed by atoms with Crippen molar-refractivity contribution in [3.8, 4) is 11.3 Å². The minimum atomic E-state index is -0.269. The van der Waals surface area contributed by atoms with Crippen molar-refractivity contribution in [2.24, 2.45) is 5.92 Å². The van der Waals surface area contributed by atoms with Crippen LogP contribution in [0.1, 0.15) is 23.2 Å². The first-order valence-corrected chi connectivity index (χ1v) is 9.78. The number of halogens is 1. The van der Waals surface area contributed by atoms with Gasteiger partial charge in [0.1, 0.15) is 0 Å². The van der Waals surface area contributed by atoms with Crippen molar-refractivity contribution in [3.63, 3.8) is 0 Å². The number of amides is 2. The Hall–Kier alpha value is -2.70. The fourth-order valence-corrected chi connectivity index (χ4v) is 3.42. The number of carbonyl (C=O) groups excluding carboxylic acids is 2. The van der Waals surface area contributed by atoms with Crippen LogP contribution >= 0.6 is 22.9 Å². The summed E-state index contributed by atoms with van der Waals surface area (Å²) in [6, 6.07) is 14.3. The third kappa shape index (κ3) is 4.35. The smallest absolute Gasteiger partial charge is 0.257 e. The van der Waals surface area contributed by atoms with Crippen molar-refractivity contribution >= 4 is 45.6 Å². The predicted octanol–water partition coefficient (Wildman–Crippen LogP) is 5.06. The number of thiazole rings is 1. The molecule has 0 saturated heterocycles. The molecule has 0 unspecified atom stereocenters. The molecule has 1 aliphatic rings. The summed E-state index contributed by atoms with van der Waals surface area (Å²) >= 11 is 7.26. The lowest BCUT2D eigenvalue weighted by atomic mass is 10.2. The van der Waals surface area contributed by atoms with Crippen molar-refractivity contribution in [2.45, 2.75) is 12.8 Å². The summed E-state index contributed by atoms with van der Waals surface area (Å²) in [6.07, 6.45) is 1.87. The minimum absolute atomic E-state index is 0.0140. The van der Waals surface area contributed by atoms with Gasteiger partial charge in [-0.25, -0.2) is 4.98 Å². The summed E-state index contributed by atoms with van der Waals surface area (Å²) in [6.45, 7) is 0. The van der Waals surface area contributed by atoms with Gasteiger partial charge in [-0.05, 0) is 43.2 Å². The zero-order valence-corrected chi connectivity index (χ0v) is 15.8. The average molecular weight is 398 g/mol. The molecule has 27 heavy (non-hydrogen) atoms. The molecule has 0 atom stereocenters. The summed E-state index contributed by atoms with van der Waals surface area (Å²) in [7, 11) is 0. The number of aromatic nitrogens is 1. The van der Waals surface area contributed by atoms with E-state index in [9.17, 15) is 9.59 Å². The lowest BCUT2D eigenvalue weighted by Crippen LogP contribution is -2.15. The van der Waals surface area contributed by atoms with Crippen molar-refractivity contribution in [1.29, 1.82) is 0 Å². The van der Waals surface area contributed by atoms with Crippen molar-refractivity contribution in [1.82, 2.24) is 4.98 Å². The highest BCUT2D eigenvalue weighted by molar-refractivity contribution is 7.14. The Labute approximate surface area is 165 Å². The number of rotatable bonds is 5. The maximum atomic E-state index is 12.5. The third-order valence-corrected chi connectivity index (χ3v) is 5.21. The Balaban J connectivity index is 1.44. The predicted molar refractivity (Wildman–Crippen MR) is 108 cm³/mol. The van der Waals surface area contributed by atoms with E-state index < -0.39 is 0 Å². The first kappa shape index (κ1) is 17.7. The van der Waals surface area contributed by atoms with Crippen LogP contribution in [0.15, 0.2) is 53.9 Å². The molecule has 7 heteroatoms. The van der Waals surface area contributed by atoms with E-state index in [0.29, 0.717) is 21.4 Å². The number of carbonyl (C=O) groups is 2. The Kier molecular flexibility index (Phi) is 4.92. The number of nitrogens with zero attached hydrogens (tertiary/aromatic N) is 1. The van der Waals surface area contributed by atoms with E-state index in [1.165, 1.54) is 11.3 Å². The van der Waals surface area contributed by atoms with Crippen LogP contribution in [0.2, 0.25) is 5.02 Å². The molecule has 0 bridgehead atoms. The van der Waals surface area contributed by atoms with Crippen LogP contribution in [0.4, 0.5) is 10.8 Å². The van der Waals surface area contributed by atoms with Gasteiger partial charge in [-0.2, -0.15) is 0 Å². The van der Waals surface area contributed by atoms with Gasteiger partial charge in [0.2, 0.25) is 5.91 Å². The quantitative estimate of drug-likeness (QED) is 0.631. The highest BCUT2D eigenvalue weighted by Gasteiger charge is 2.29. The molecule has 0 aliphatic heterocycles. The van der Waals surface area contributed by atoms with Gasteiger partial charge in [-0.1, -0.05) is 29.8 Å². The van der Waals surface area contributed by atoms with Gasteiger partial charge < -0.3 is 5.32 Å². The normalized spacial score (nSPS) is 13.2. The summed E-state index contributed by atoms with van der Waals surface area (Å²) < 4.78 is 0. The van der Waals surface area contributed by atoms with Crippen LogP contribution in [0, 0.1) is 5.92 Å². The molecule has 5 nitrogen and oxygen atoms in total. The topological polar surface area (TPSA) is 71.1 Å². The molecule has 1 aromatic heterocycles. The highest BCUT2D eigenvalue weighted by atomic mass is 35.5. The fourth-order valence-electron chi connectivity index (χ4n) is 2.58. The lowest BCUT2D eigenvalue weighted by Gasteiger charge is -2.07. The van der Waals surface area contributed by atoms with Crippen LogP contribution < -0.4 is 10.6 Å². The fraction of sp³-hybridized carbons (Fsp3) is 0.150. The molecule has 1 heterocycles. The van der Waals surface area contributed by atoms with Gasteiger partial charge in [0.15, 0.2) is 5.13 Å². The first-order chi connectivity index (χ1) is 13.1. The van der Waals surface area contributed by atoms with E-state index in [2.05, 4.69) is 15.6 Å². The number of hydrogen-bond acceptors (Lipinski definition) is 4. The van der Waals surface area contributed by atoms with Crippen molar-refractivity contribution < 1.29 is 9.59 Å². The minimum Gasteiger partial charge on any atom is -0.326 e. The lowest BCUT2D eigenvalue weighted by molar-refractivity contribution is -0.117. The zero-order chi connectivity index (χ0) is 18.8. The summed E-state index contributed by atoms with van der Waals surface area (Å²) in [5.74, 6) is -0.140. The molecule has 2 N–H and O–H groups in total. The van der Waals surface area contributed by atoms with Crippen LogP contribution in [-0.2, 0) is 4.79 Å². The van der Waals surface area contributed by atoms with Gasteiger partial charge in [0, 0.05) is 33.1 Å². The highest BCUT2D eigenvalue weighted by Crippen LogP contribution is 2.30. The van der Waals surface area contributed by atoms with E-state index >= 15 is 0 Å². The van der Waals surface area contributed by atoms with Crippen molar-refractivity contribution in [2.75, 3.05) is 10.6 Å². The second kappa shape index (κ2) is 7.50.